The molecule has 0 aliphatic rings. The Morgan fingerprint density at radius 3 is 0.688 bits per heavy atom. The van der Waals surface area contributed by atoms with E-state index >= 15 is 0 Å². The molecule has 0 unspecified atom stereocenters. The first-order chi connectivity index (χ1) is 6.00. The van der Waals surface area contributed by atoms with Crippen molar-refractivity contribution in [3.8, 4) is 0 Å². The van der Waals surface area contributed by atoms with Crippen LogP contribution in [0.25, 0.3) is 0 Å². The number of rotatable bonds is 0. The SMILES string of the molecule is C[N+](C)(C)C.C[N+](C)(C)C.O.O=S(=O)(O)O. The van der Waals surface area contributed by atoms with Gasteiger partial charge in [0.2, 0.25) is 0 Å². The standard InChI is InChI=1S/2C4H12N.H2O4S.H2O/c3*1-5(2,3)4;/h2*1-4H3;(H2,1,2,3,4);1H2/q2*+1;;. The minimum atomic E-state index is -4.67. The van der Waals surface area contributed by atoms with E-state index in [1.807, 2.05) is 0 Å². The second-order valence-corrected chi connectivity index (χ2v) is 6.71. The van der Waals surface area contributed by atoms with E-state index in [9.17, 15) is 0 Å². The minimum absolute atomic E-state index is 0. The Labute approximate surface area is 99.4 Å². The Morgan fingerprint density at radius 1 is 0.688 bits per heavy atom. The fraction of sp³-hybridized carbons (Fsp3) is 1.00. The van der Waals surface area contributed by atoms with Crippen molar-refractivity contribution in [1.29, 1.82) is 0 Å². The maximum absolute atomic E-state index is 8.74. The molecule has 0 heterocycles. The average Bonchev–Trinajstić information content (AvgIpc) is 1.41. The Morgan fingerprint density at radius 2 is 0.688 bits per heavy atom. The molecular weight excluding hydrogens is 236 g/mol. The zero-order valence-electron chi connectivity index (χ0n) is 11.5. The van der Waals surface area contributed by atoms with Crippen LogP contribution in [-0.2, 0) is 10.4 Å². The van der Waals surface area contributed by atoms with Crippen molar-refractivity contribution in [3.05, 3.63) is 0 Å². The van der Waals surface area contributed by atoms with E-state index in [-0.39, 0.29) is 5.48 Å². The zero-order valence-corrected chi connectivity index (χ0v) is 12.3. The highest BCUT2D eigenvalue weighted by Gasteiger charge is 1.88. The van der Waals surface area contributed by atoms with Gasteiger partial charge in [-0.05, 0) is 0 Å². The second-order valence-electron chi connectivity index (χ2n) is 5.81. The van der Waals surface area contributed by atoms with Crippen LogP contribution in [-0.4, -0.2) is 88.3 Å². The lowest BCUT2D eigenvalue weighted by molar-refractivity contribution is -0.849. The highest BCUT2D eigenvalue weighted by atomic mass is 32.3. The number of quaternary nitrogens is 2. The van der Waals surface area contributed by atoms with Crippen LogP contribution >= 0.6 is 0 Å². The summed E-state index contributed by atoms with van der Waals surface area (Å²) in [6.07, 6.45) is 0. The normalized spacial score (nSPS) is 11.1. The quantitative estimate of drug-likeness (QED) is 0.440. The van der Waals surface area contributed by atoms with Gasteiger partial charge in [0.25, 0.3) is 0 Å². The first kappa shape index (κ1) is 24.8. The first-order valence-electron chi connectivity index (χ1n) is 4.28. The van der Waals surface area contributed by atoms with Gasteiger partial charge in [-0.15, -0.1) is 0 Å². The number of hydrogen-bond donors (Lipinski definition) is 2. The summed E-state index contributed by atoms with van der Waals surface area (Å²) >= 11 is 0. The van der Waals surface area contributed by atoms with Crippen molar-refractivity contribution >= 4 is 10.4 Å². The predicted molar refractivity (Wildman–Crippen MR) is 65.7 cm³/mol. The number of hydrogen-bond acceptors (Lipinski definition) is 2. The molecular formula is C8H28N2O5S+2. The van der Waals surface area contributed by atoms with Gasteiger partial charge in [0.05, 0.1) is 56.4 Å². The van der Waals surface area contributed by atoms with Crippen molar-refractivity contribution < 1.29 is 32.0 Å². The third-order valence-electron chi connectivity index (χ3n) is 0. The zero-order chi connectivity index (χ0) is 13.5. The third kappa shape index (κ3) is 35800. The molecule has 8 heteroatoms. The summed E-state index contributed by atoms with van der Waals surface area (Å²) in [6.45, 7) is 0. The smallest absolute Gasteiger partial charge is 0.394 e. The Bertz CT molecular complexity index is 206. The molecule has 7 nitrogen and oxygen atoms in total. The maximum Gasteiger partial charge on any atom is 0.394 e. The van der Waals surface area contributed by atoms with Gasteiger partial charge in [-0.1, -0.05) is 0 Å². The van der Waals surface area contributed by atoms with Crippen molar-refractivity contribution in [1.82, 2.24) is 0 Å². The summed E-state index contributed by atoms with van der Waals surface area (Å²) < 4.78 is 33.6. The van der Waals surface area contributed by atoms with Gasteiger partial charge in [-0.3, -0.25) is 9.11 Å². The van der Waals surface area contributed by atoms with Gasteiger partial charge in [-0.25, -0.2) is 0 Å². The van der Waals surface area contributed by atoms with E-state index in [0.29, 0.717) is 0 Å². The van der Waals surface area contributed by atoms with Crippen molar-refractivity contribution in [2.75, 3.05) is 56.4 Å². The molecule has 0 aromatic carbocycles. The molecule has 16 heavy (non-hydrogen) atoms. The van der Waals surface area contributed by atoms with E-state index in [1.54, 1.807) is 0 Å². The molecule has 4 N–H and O–H groups in total. The van der Waals surface area contributed by atoms with Crippen LogP contribution in [0, 0.1) is 0 Å². The van der Waals surface area contributed by atoms with E-state index in [1.165, 1.54) is 0 Å². The Hall–Kier alpha value is -0.250. The van der Waals surface area contributed by atoms with Crippen LogP contribution in [0.1, 0.15) is 0 Å². The molecule has 0 spiro atoms. The number of nitrogens with zero attached hydrogens (tertiary/aromatic N) is 2. The molecule has 0 aromatic heterocycles. The van der Waals surface area contributed by atoms with Crippen LogP contribution in [0.2, 0.25) is 0 Å². The maximum atomic E-state index is 8.74. The predicted octanol–water partition coefficient (Wildman–Crippen LogP) is -0.833. The lowest BCUT2D eigenvalue weighted by Crippen LogP contribution is -2.27. The molecule has 0 aliphatic carbocycles. The minimum Gasteiger partial charge on any atom is -0.412 e. The van der Waals surface area contributed by atoms with Crippen molar-refractivity contribution in [3.63, 3.8) is 0 Å². The monoisotopic (exact) mass is 264 g/mol. The molecule has 104 valence electrons. The Kier molecular flexibility index (Phi) is 13.7. The van der Waals surface area contributed by atoms with Crippen LogP contribution in [0.15, 0.2) is 0 Å². The summed E-state index contributed by atoms with van der Waals surface area (Å²) in [5, 5.41) is 0. The molecule has 0 radical (unpaired) electrons. The van der Waals surface area contributed by atoms with Crippen molar-refractivity contribution in [2.45, 2.75) is 0 Å². The first-order valence-corrected chi connectivity index (χ1v) is 5.67. The fourth-order valence-electron chi connectivity index (χ4n) is 0. The summed E-state index contributed by atoms with van der Waals surface area (Å²) in [4.78, 5) is 0. The van der Waals surface area contributed by atoms with Gasteiger partial charge >= 0.3 is 10.4 Å². The molecule has 0 rings (SSSR count). The molecule has 0 saturated heterocycles. The summed E-state index contributed by atoms with van der Waals surface area (Å²) in [5.41, 5.74) is 0. The Balaban J connectivity index is -0.0000000655. The largest absolute Gasteiger partial charge is 0.412 e. The molecule has 0 fully saturated rings. The van der Waals surface area contributed by atoms with E-state index in [4.69, 9.17) is 17.5 Å². The molecule has 0 amide bonds. The van der Waals surface area contributed by atoms with Crippen molar-refractivity contribution in [2.24, 2.45) is 0 Å². The van der Waals surface area contributed by atoms with E-state index in [2.05, 4.69) is 56.4 Å². The van der Waals surface area contributed by atoms with Gasteiger partial charge in [0, 0.05) is 0 Å². The molecule has 0 saturated carbocycles. The summed E-state index contributed by atoms with van der Waals surface area (Å²) in [7, 11) is 12.3. The topological polar surface area (TPSA) is 106 Å². The second kappa shape index (κ2) is 8.85. The highest BCUT2D eigenvalue weighted by Crippen LogP contribution is 1.74. The van der Waals surface area contributed by atoms with E-state index < -0.39 is 10.4 Å². The fourth-order valence-corrected chi connectivity index (χ4v) is 0. The van der Waals surface area contributed by atoms with Gasteiger partial charge in [0.15, 0.2) is 0 Å². The summed E-state index contributed by atoms with van der Waals surface area (Å²) in [5.74, 6) is 0. The molecule has 0 bridgehead atoms. The molecule has 0 aromatic rings. The van der Waals surface area contributed by atoms with Gasteiger partial charge in [0.1, 0.15) is 0 Å². The summed E-state index contributed by atoms with van der Waals surface area (Å²) in [6, 6.07) is 0. The lowest BCUT2D eigenvalue weighted by atomic mass is 10.8. The molecule has 0 aliphatic heterocycles. The lowest BCUT2D eigenvalue weighted by Gasteiger charge is -2.14. The third-order valence-corrected chi connectivity index (χ3v) is 0. The van der Waals surface area contributed by atoms with Crippen LogP contribution < -0.4 is 0 Å². The van der Waals surface area contributed by atoms with E-state index in [0.717, 1.165) is 8.97 Å². The van der Waals surface area contributed by atoms with Crippen LogP contribution in [0.3, 0.4) is 0 Å². The van der Waals surface area contributed by atoms with Gasteiger partial charge < -0.3 is 14.4 Å². The average molecular weight is 264 g/mol. The van der Waals surface area contributed by atoms with Crippen LogP contribution in [0.4, 0.5) is 0 Å². The molecule has 0 atom stereocenters. The highest BCUT2D eigenvalue weighted by molar-refractivity contribution is 7.79. The van der Waals surface area contributed by atoms with Crippen LogP contribution in [0.5, 0.6) is 0 Å². The van der Waals surface area contributed by atoms with Gasteiger partial charge in [-0.2, -0.15) is 8.42 Å².